The number of amides is 1. The van der Waals surface area contributed by atoms with Crippen LogP contribution in [-0.2, 0) is 0 Å². The van der Waals surface area contributed by atoms with Crippen molar-refractivity contribution in [3.8, 4) is 10.6 Å². The molecule has 0 atom stereocenters. The number of para-hydroxylation sites is 1. The molecule has 21 heavy (non-hydrogen) atoms. The predicted molar refractivity (Wildman–Crippen MR) is 84.8 cm³/mol. The van der Waals surface area contributed by atoms with Crippen LogP contribution in [0.1, 0.15) is 10.5 Å². The molecule has 0 fully saturated rings. The number of nitrogens with one attached hydrogen (secondary N) is 1. The third-order valence-electron chi connectivity index (χ3n) is 2.79. The van der Waals surface area contributed by atoms with Crippen molar-refractivity contribution in [1.82, 2.24) is 9.97 Å². The summed E-state index contributed by atoms with van der Waals surface area (Å²) >= 11 is 7.50. The summed E-state index contributed by atoms with van der Waals surface area (Å²) in [5.41, 5.74) is 3.35. The van der Waals surface area contributed by atoms with E-state index in [-0.39, 0.29) is 5.91 Å². The molecule has 0 spiro atoms. The van der Waals surface area contributed by atoms with Crippen LogP contribution in [0.4, 0.5) is 5.69 Å². The van der Waals surface area contributed by atoms with E-state index in [0.29, 0.717) is 16.4 Å². The molecule has 0 saturated heterocycles. The van der Waals surface area contributed by atoms with E-state index in [9.17, 15) is 4.79 Å². The second-order valence-electron chi connectivity index (χ2n) is 4.21. The molecule has 104 valence electrons. The molecule has 4 nitrogen and oxygen atoms in total. The molecule has 2 heterocycles. The summed E-state index contributed by atoms with van der Waals surface area (Å²) in [4.78, 5) is 21.5. The number of rotatable bonds is 3. The van der Waals surface area contributed by atoms with E-state index in [2.05, 4.69) is 15.3 Å². The third kappa shape index (κ3) is 3.09. The standard InChI is InChI=1S/C15H10ClN3OS/c16-10-4-1-2-5-11(10)19-15(20)13-7-3-6-12(18-13)14-8-17-9-21-14/h1-9H,(H,19,20). The number of hydrogen-bond acceptors (Lipinski definition) is 4. The SMILES string of the molecule is O=C(Nc1ccccc1Cl)c1cccc(-c2cncs2)n1. The van der Waals surface area contributed by atoms with E-state index in [0.717, 1.165) is 10.6 Å². The van der Waals surface area contributed by atoms with Crippen LogP contribution in [0.2, 0.25) is 5.02 Å². The highest BCUT2D eigenvalue weighted by atomic mass is 35.5. The fourth-order valence-corrected chi connectivity index (χ4v) is 2.56. The molecule has 3 aromatic rings. The maximum absolute atomic E-state index is 12.2. The first kappa shape index (κ1) is 13.7. The molecule has 0 bridgehead atoms. The van der Waals surface area contributed by atoms with Crippen molar-refractivity contribution in [1.29, 1.82) is 0 Å². The molecule has 2 aromatic heterocycles. The lowest BCUT2D eigenvalue weighted by molar-refractivity contribution is 0.102. The van der Waals surface area contributed by atoms with Crippen LogP contribution in [0, 0.1) is 0 Å². The normalized spacial score (nSPS) is 10.3. The highest BCUT2D eigenvalue weighted by Gasteiger charge is 2.11. The average molecular weight is 316 g/mol. The number of thiazole rings is 1. The van der Waals surface area contributed by atoms with Crippen LogP contribution in [0.25, 0.3) is 10.6 Å². The van der Waals surface area contributed by atoms with Gasteiger partial charge in [-0.1, -0.05) is 29.8 Å². The van der Waals surface area contributed by atoms with Crippen LogP contribution in [0.15, 0.2) is 54.2 Å². The smallest absolute Gasteiger partial charge is 0.274 e. The Morgan fingerprint density at radius 3 is 2.76 bits per heavy atom. The minimum Gasteiger partial charge on any atom is -0.319 e. The van der Waals surface area contributed by atoms with E-state index in [4.69, 9.17) is 11.6 Å². The number of halogens is 1. The molecular weight excluding hydrogens is 306 g/mol. The number of aromatic nitrogens is 2. The lowest BCUT2D eigenvalue weighted by Gasteiger charge is -2.07. The largest absolute Gasteiger partial charge is 0.319 e. The Hall–Kier alpha value is -2.24. The van der Waals surface area contributed by atoms with Crippen molar-refractivity contribution in [2.45, 2.75) is 0 Å². The summed E-state index contributed by atoms with van der Waals surface area (Å²) in [5, 5.41) is 3.24. The van der Waals surface area contributed by atoms with E-state index in [1.165, 1.54) is 11.3 Å². The number of nitrogens with zero attached hydrogens (tertiary/aromatic N) is 2. The van der Waals surface area contributed by atoms with Crippen molar-refractivity contribution in [3.63, 3.8) is 0 Å². The lowest BCUT2D eigenvalue weighted by atomic mass is 10.2. The zero-order valence-electron chi connectivity index (χ0n) is 10.8. The maximum atomic E-state index is 12.2. The molecule has 0 aliphatic rings. The van der Waals surface area contributed by atoms with E-state index in [1.54, 1.807) is 42.0 Å². The topological polar surface area (TPSA) is 54.9 Å². The third-order valence-corrected chi connectivity index (χ3v) is 3.91. The Bertz CT molecular complexity index is 774. The van der Waals surface area contributed by atoms with Crippen LogP contribution in [0.3, 0.4) is 0 Å². The predicted octanol–water partition coefficient (Wildman–Crippen LogP) is 4.11. The molecule has 0 radical (unpaired) electrons. The number of benzene rings is 1. The lowest BCUT2D eigenvalue weighted by Crippen LogP contribution is -2.14. The van der Waals surface area contributed by atoms with Crippen molar-refractivity contribution in [2.24, 2.45) is 0 Å². The second-order valence-corrected chi connectivity index (χ2v) is 5.50. The summed E-state index contributed by atoms with van der Waals surface area (Å²) in [6.07, 6.45) is 1.72. The molecule has 0 unspecified atom stereocenters. The summed E-state index contributed by atoms with van der Waals surface area (Å²) in [6.45, 7) is 0. The summed E-state index contributed by atoms with van der Waals surface area (Å²) in [7, 11) is 0. The van der Waals surface area contributed by atoms with E-state index < -0.39 is 0 Å². The van der Waals surface area contributed by atoms with Crippen molar-refractivity contribution < 1.29 is 4.79 Å². The first-order valence-corrected chi connectivity index (χ1v) is 7.41. The minimum atomic E-state index is -0.297. The van der Waals surface area contributed by atoms with Crippen molar-refractivity contribution >= 4 is 34.5 Å². The first-order valence-electron chi connectivity index (χ1n) is 6.16. The number of anilines is 1. The van der Waals surface area contributed by atoms with Gasteiger partial charge in [-0.3, -0.25) is 9.78 Å². The molecule has 1 N–H and O–H groups in total. The molecule has 0 aliphatic carbocycles. The molecular formula is C15H10ClN3OS. The van der Waals surface area contributed by atoms with Gasteiger partial charge in [0.2, 0.25) is 0 Å². The average Bonchev–Trinajstić information content (AvgIpc) is 3.04. The Balaban J connectivity index is 1.85. The second kappa shape index (κ2) is 6.03. The van der Waals surface area contributed by atoms with Gasteiger partial charge in [-0.2, -0.15) is 0 Å². The van der Waals surface area contributed by atoms with Gasteiger partial charge in [0.1, 0.15) is 5.69 Å². The van der Waals surface area contributed by atoms with Gasteiger partial charge in [0.15, 0.2) is 0 Å². The van der Waals surface area contributed by atoms with Gasteiger partial charge in [-0.05, 0) is 24.3 Å². The maximum Gasteiger partial charge on any atom is 0.274 e. The summed E-state index contributed by atoms with van der Waals surface area (Å²) < 4.78 is 0. The zero-order chi connectivity index (χ0) is 14.7. The highest BCUT2D eigenvalue weighted by Crippen LogP contribution is 2.23. The molecule has 6 heteroatoms. The summed E-state index contributed by atoms with van der Waals surface area (Å²) in [6, 6.07) is 12.4. The highest BCUT2D eigenvalue weighted by molar-refractivity contribution is 7.13. The zero-order valence-corrected chi connectivity index (χ0v) is 12.4. The van der Waals surface area contributed by atoms with Gasteiger partial charge in [0, 0.05) is 6.20 Å². The Morgan fingerprint density at radius 1 is 1.14 bits per heavy atom. The molecule has 0 saturated carbocycles. The fraction of sp³-hybridized carbons (Fsp3) is 0. The molecule has 1 amide bonds. The van der Waals surface area contributed by atoms with Crippen LogP contribution in [-0.4, -0.2) is 15.9 Å². The van der Waals surface area contributed by atoms with Gasteiger partial charge in [-0.25, -0.2) is 4.98 Å². The van der Waals surface area contributed by atoms with Gasteiger partial charge < -0.3 is 5.32 Å². The number of pyridine rings is 1. The number of hydrogen-bond donors (Lipinski definition) is 1. The van der Waals surface area contributed by atoms with Gasteiger partial charge in [0.25, 0.3) is 5.91 Å². The van der Waals surface area contributed by atoms with Crippen LogP contribution in [0.5, 0.6) is 0 Å². The Morgan fingerprint density at radius 2 is 2.00 bits per heavy atom. The van der Waals surface area contributed by atoms with Crippen LogP contribution < -0.4 is 5.32 Å². The van der Waals surface area contributed by atoms with Crippen molar-refractivity contribution in [3.05, 3.63) is 64.9 Å². The monoisotopic (exact) mass is 315 g/mol. The van der Waals surface area contributed by atoms with Gasteiger partial charge in [-0.15, -0.1) is 11.3 Å². The quantitative estimate of drug-likeness (QED) is 0.791. The van der Waals surface area contributed by atoms with Gasteiger partial charge in [0.05, 0.1) is 26.8 Å². The minimum absolute atomic E-state index is 0.297. The Labute approximate surface area is 130 Å². The Kier molecular flexibility index (Phi) is 3.94. The molecule has 1 aromatic carbocycles. The van der Waals surface area contributed by atoms with Gasteiger partial charge >= 0.3 is 0 Å². The number of carbonyl (C=O) groups is 1. The fourth-order valence-electron chi connectivity index (χ4n) is 1.79. The molecule has 0 aliphatic heterocycles. The molecule has 3 rings (SSSR count). The van der Waals surface area contributed by atoms with Crippen LogP contribution >= 0.6 is 22.9 Å². The van der Waals surface area contributed by atoms with E-state index >= 15 is 0 Å². The van der Waals surface area contributed by atoms with Crippen molar-refractivity contribution in [2.75, 3.05) is 5.32 Å². The first-order chi connectivity index (χ1) is 10.2. The number of carbonyl (C=O) groups excluding carboxylic acids is 1. The summed E-state index contributed by atoms with van der Waals surface area (Å²) in [5.74, 6) is -0.297. The van der Waals surface area contributed by atoms with E-state index in [1.807, 2.05) is 12.1 Å².